The molecule has 5 aliphatic carbocycles. The van der Waals surface area contributed by atoms with Gasteiger partial charge in [-0.3, -0.25) is 9.59 Å². The van der Waals surface area contributed by atoms with E-state index in [4.69, 9.17) is 4.74 Å². The van der Waals surface area contributed by atoms with E-state index in [0.29, 0.717) is 24.5 Å². The standard InChI is InChI=1S/C30H41BrN2O3/c1-4-36-28(35)29(2,3)24-21-6-5-7-22(31)23(21)30(8-10-32-11-9-30)25(24)27(34)33-26-19-13-17-12-18(15-19)16-20(26)14-17/h5-7,17-20,24-26,32H,4,8-16H2,1-3H3,(H,33,34). The summed E-state index contributed by atoms with van der Waals surface area (Å²) in [7, 11) is 0. The lowest BCUT2D eigenvalue weighted by Crippen LogP contribution is -2.59. The van der Waals surface area contributed by atoms with E-state index in [1.807, 2.05) is 20.8 Å². The highest BCUT2D eigenvalue weighted by molar-refractivity contribution is 9.10. The van der Waals surface area contributed by atoms with Gasteiger partial charge in [-0.05, 0) is 120 Å². The SMILES string of the molecule is CCOC(=O)C(C)(C)C1c2cccc(Br)c2C2(CCNCC2)C1C(=O)NC1C2CC3CC(C2)CC1C3. The maximum absolute atomic E-state index is 14.6. The number of esters is 1. The Bertz CT molecular complexity index is 1020. The third-order valence-corrected chi connectivity index (χ3v) is 11.4. The maximum Gasteiger partial charge on any atom is 0.312 e. The van der Waals surface area contributed by atoms with Crippen molar-refractivity contribution in [3.8, 4) is 0 Å². The molecule has 36 heavy (non-hydrogen) atoms. The van der Waals surface area contributed by atoms with Crippen molar-refractivity contribution in [2.24, 2.45) is 35.0 Å². The number of carbonyl (C=O) groups excluding carboxylic acids is 2. The van der Waals surface area contributed by atoms with E-state index in [2.05, 4.69) is 44.8 Å². The molecule has 2 N–H and O–H groups in total. The van der Waals surface area contributed by atoms with E-state index in [0.717, 1.165) is 47.8 Å². The molecule has 1 spiro atoms. The number of nitrogens with one attached hydrogen (secondary N) is 2. The topological polar surface area (TPSA) is 67.4 Å². The van der Waals surface area contributed by atoms with Crippen molar-refractivity contribution in [3.05, 3.63) is 33.8 Å². The first kappa shape index (κ1) is 24.9. The number of amides is 1. The van der Waals surface area contributed by atoms with Crippen molar-refractivity contribution in [2.45, 2.75) is 83.1 Å². The summed E-state index contributed by atoms with van der Waals surface area (Å²) in [5, 5.41) is 7.20. The first-order chi connectivity index (χ1) is 17.3. The molecule has 1 heterocycles. The Kier molecular flexibility index (Phi) is 6.31. The monoisotopic (exact) mass is 556 g/mol. The molecule has 6 heteroatoms. The van der Waals surface area contributed by atoms with Crippen LogP contribution in [0.4, 0.5) is 0 Å². The Morgan fingerprint density at radius 1 is 1.08 bits per heavy atom. The van der Waals surface area contributed by atoms with Crippen LogP contribution in [0.25, 0.3) is 0 Å². The summed E-state index contributed by atoms with van der Waals surface area (Å²) in [5.74, 6) is 2.45. The lowest BCUT2D eigenvalue weighted by Gasteiger charge is -2.55. The molecule has 1 saturated heterocycles. The van der Waals surface area contributed by atoms with Crippen LogP contribution in [0.15, 0.2) is 22.7 Å². The van der Waals surface area contributed by atoms with Gasteiger partial charge in [0, 0.05) is 21.8 Å². The van der Waals surface area contributed by atoms with Gasteiger partial charge in [0.2, 0.25) is 5.91 Å². The average molecular weight is 558 g/mol. The fraction of sp³-hybridized carbons (Fsp3) is 0.733. The number of piperidine rings is 1. The Morgan fingerprint density at radius 2 is 1.72 bits per heavy atom. The van der Waals surface area contributed by atoms with Crippen LogP contribution in [0.3, 0.4) is 0 Å². The molecule has 5 nitrogen and oxygen atoms in total. The normalized spacial score (nSPS) is 36.1. The summed E-state index contributed by atoms with van der Waals surface area (Å²) in [5.41, 5.74) is 1.30. The minimum absolute atomic E-state index is 0.167. The highest BCUT2D eigenvalue weighted by Crippen LogP contribution is 2.62. The lowest BCUT2D eigenvalue weighted by atomic mass is 9.54. The molecule has 0 radical (unpaired) electrons. The van der Waals surface area contributed by atoms with Crippen molar-refractivity contribution in [3.63, 3.8) is 0 Å². The van der Waals surface area contributed by atoms with Crippen LogP contribution in [-0.2, 0) is 19.7 Å². The number of rotatable bonds is 5. The summed E-state index contributed by atoms with van der Waals surface area (Å²) in [4.78, 5) is 28.0. The molecular formula is C30H41BrN2O3. The third-order valence-electron chi connectivity index (χ3n) is 10.7. The van der Waals surface area contributed by atoms with Gasteiger partial charge in [0.15, 0.2) is 0 Å². The number of benzene rings is 1. The summed E-state index contributed by atoms with van der Waals surface area (Å²) < 4.78 is 6.67. The predicted molar refractivity (Wildman–Crippen MR) is 144 cm³/mol. The van der Waals surface area contributed by atoms with Crippen molar-refractivity contribution in [1.82, 2.24) is 10.6 Å². The molecule has 6 aliphatic rings. The summed E-state index contributed by atoms with van der Waals surface area (Å²) in [6.07, 6.45) is 8.33. The lowest BCUT2D eigenvalue weighted by molar-refractivity contribution is -0.156. The molecule has 196 valence electrons. The number of halogens is 1. The van der Waals surface area contributed by atoms with Crippen LogP contribution in [0.5, 0.6) is 0 Å². The molecule has 2 unspecified atom stereocenters. The van der Waals surface area contributed by atoms with Gasteiger partial charge in [0.1, 0.15) is 0 Å². The number of hydrogen-bond donors (Lipinski definition) is 2. The van der Waals surface area contributed by atoms with Crippen molar-refractivity contribution in [1.29, 1.82) is 0 Å². The van der Waals surface area contributed by atoms with Crippen LogP contribution in [0, 0.1) is 35.0 Å². The highest BCUT2D eigenvalue weighted by Gasteiger charge is 2.62. The molecule has 7 rings (SSSR count). The second-order valence-corrected chi connectivity index (χ2v) is 13.8. The van der Waals surface area contributed by atoms with E-state index in [9.17, 15) is 9.59 Å². The van der Waals surface area contributed by atoms with E-state index in [1.54, 1.807) is 0 Å². The van der Waals surface area contributed by atoms with Gasteiger partial charge in [-0.1, -0.05) is 28.1 Å². The number of carbonyl (C=O) groups is 2. The van der Waals surface area contributed by atoms with Gasteiger partial charge in [-0.15, -0.1) is 0 Å². The molecule has 1 aromatic rings. The largest absolute Gasteiger partial charge is 0.466 e. The van der Waals surface area contributed by atoms with Crippen LogP contribution in [0.2, 0.25) is 0 Å². The molecule has 5 fully saturated rings. The second-order valence-electron chi connectivity index (χ2n) is 13.0. The molecule has 4 saturated carbocycles. The van der Waals surface area contributed by atoms with Gasteiger partial charge in [0.25, 0.3) is 0 Å². The first-order valence-electron chi connectivity index (χ1n) is 14.2. The Hall–Kier alpha value is -1.40. The fourth-order valence-corrected chi connectivity index (χ4v) is 10.3. The Balaban J connectivity index is 1.42. The molecule has 2 atom stereocenters. The van der Waals surface area contributed by atoms with Gasteiger partial charge in [-0.2, -0.15) is 0 Å². The zero-order valence-electron chi connectivity index (χ0n) is 21.9. The highest BCUT2D eigenvalue weighted by atomic mass is 79.9. The number of fused-ring (bicyclic) bond motifs is 2. The molecule has 0 aromatic heterocycles. The van der Waals surface area contributed by atoms with Gasteiger partial charge >= 0.3 is 5.97 Å². The van der Waals surface area contributed by atoms with Crippen LogP contribution < -0.4 is 10.6 Å². The second kappa shape index (κ2) is 9.11. The van der Waals surface area contributed by atoms with Crippen LogP contribution in [-0.4, -0.2) is 37.6 Å². The Morgan fingerprint density at radius 3 is 2.33 bits per heavy atom. The summed E-state index contributed by atoms with van der Waals surface area (Å²) in [6, 6.07) is 6.62. The zero-order valence-corrected chi connectivity index (χ0v) is 23.5. The number of ether oxygens (including phenoxy) is 1. The molecule has 1 amide bonds. The third kappa shape index (κ3) is 3.72. The minimum Gasteiger partial charge on any atom is -0.466 e. The van der Waals surface area contributed by atoms with Crippen molar-refractivity contribution >= 4 is 27.8 Å². The van der Waals surface area contributed by atoms with Gasteiger partial charge < -0.3 is 15.4 Å². The fourth-order valence-electron chi connectivity index (χ4n) is 9.48. The molecular weight excluding hydrogens is 516 g/mol. The van der Waals surface area contributed by atoms with Gasteiger partial charge in [-0.25, -0.2) is 0 Å². The van der Waals surface area contributed by atoms with Crippen LogP contribution >= 0.6 is 15.9 Å². The average Bonchev–Trinajstić information content (AvgIpc) is 3.13. The molecule has 1 aromatic carbocycles. The molecule has 4 bridgehead atoms. The van der Waals surface area contributed by atoms with Crippen LogP contribution in [0.1, 0.15) is 82.8 Å². The maximum atomic E-state index is 14.6. The Labute approximate surface area is 224 Å². The first-order valence-corrected chi connectivity index (χ1v) is 15.0. The van der Waals surface area contributed by atoms with Crippen molar-refractivity contribution in [2.75, 3.05) is 19.7 Å². The number of hydrogen-bond acceptors (Lipinski definition) is 4. The van der Waals surface area contributed by atoms with E-state index in [-0.39, 0.29) is 29.1 Å². The smallest absolute Gasteiger partial charge is 0.312 e. The van der Waals surface area contributed by atoms with Crippen molar-refractivity contribution < 1.29 is 14.3 Å². The summed E-state index contributed by atoms with van der Waals surface area (Å²) >= 11 is 3.88. The van der Waals surface area contributed by atoms with E-state index < -0.39 is 5.41 Å². The van der Waals surface area contributed by atoms with E-state index >= 15 is 0 Å². The van der Waals surface area contributed by atoms with E-state index in [1.165, 1.54) is 37.7 Å². The summed E-state index contributed by atoms with van der Waals surface area (Å²) in [6.45, 7) is 7.95. The zero-order chi connectivity index (χ0) is 25.2. The quantitative estimate of drug-likeness (QED) is 0.482. The van der Waals surface area contributed by atoms with Gasteiger partial charge in [0.05, 0.1) is 17.9 Å². The minimum atomic E-state index is -0.813. The predicted octanol–water partition coefficient (Wildman–Crippen LogP) is 5.31. The molecule has 1 aliphatic heterocycles.